The number of sulfone groups is 1. The topological polar surface area (TPSA) is 101 Å². The van der Waals surface area contributed by atoms with Crippen LogP contribution in [0.25, 0.3) is 0 Å². The molecule has 116 valence electrons. The van der Waals surface area contributed by atoms with Gasteiger partial charge in [-0.2, -0.15) is 0 Å². The first kappa shape index (κ1) is 17.2. The summed E-state index contributed by atoms with van der Waals surface area (Å²) in [6.07, 6.45) is 0. The van der Waals surface area contributed by atoms with Crippen LogP contribution in [0.1, 0.15) is 36.7 Å². The van der Waals surface area contributed by atoms with E-state index in [4.69, 9.17) is 5.11 Å². The standard InChI is InChI=1S/C14H19NO5S/c1-9-5-6-11(10(7-9)13(17)18)15-12(16)8-21(19,20)14(2,3)4/h5-7H,8H2,1-4H3,(H,15,16)(H,17,18). The highest BCUT2D eigenvalue weighted by atomic mass is 32.2. The smallest absolute Gasteiger partial charge is 0.337 e. The van der Waals surface area contributed by atoms with Crippen LogP contribution in [0.4, 0.5) is 5.69 Å². The minimum Gasteiger partial charge on any atom is -0.478 e. The van der Waals surface area contributed by atoms with Crippen molar-refractivity contribution in [2.75, 3.05) is 11.1 Å². The van der Waals surface area contributed by atoms with Crippen molar-refractivity contribution < 1.29 is 23.1 Å². The first-order valence-electron chi connectivity index (χ1n) is 6.30. The number of amides is 1. The Morgan fingerprint density at radius 3 is 2.29 bits per heavy atom. The van der Waals surface area contributed by atoms with Gasteiger partial charge >= 0.3 is 5.97 Å². The van der Waals surface area contributed by atoms with Gasteiger partial charge in [0.05, 0.1) is 16.0 Å². The number of hydrogen-bond donors (Lipinski definition) is 2. The normalized spacial score (nSPS) is 12.0. The van der Waals surface area contributed by atoms with E-state index in [9.17, 15) is 18.0 Å². The minimum absolute atomic E-state index is 0.0727. The first-order valence-corrected chi connectivity index (χ1v) is 7.95. The van der Waals surface area contributed by atoms with Crippen molar-refractivity contribution in [1.29, 1.82) is 0 Å². The third-order valence-corrected chi connectivity index (χ3v) is 5.44. The van der Waals surface area contributed by atoms with Crippen LogP contribution in [-0.2, 0) is 14.6 Å². The average molecular weight is 313 g/mol. The van der Waals surface area contributed by atoms with Crippen molar-refractivity contribution in [3.05, 3.63) is 29.3 Å². The predicted octanol–water partition coefficient (Wildman–Crippen LogP) is 1.85. The molecule has 0 bridgehead atoms. The highest BCUT2D eigenvalue weighted by molar-refractivity contribution is 7.93. The van der Waals surface area contributed by atoms with Crippen LogP contribution in [0, 0.1) is 6.92 Å². The Morgan fingerprint density at radius 1 is 1.24 bits per heavy atom. The summed E-state index contributed by atoms with van der Waals surface area (Å²) in [6, 6.07) is 4.50. The number of aryl methyl sites for hydroxylation is 1. The molecule has 0 atom stereocenters. The van der Waals surface area contributed by atoms with E-state index in [0.717, 1.165) is 5.56 Å². The summed E-state index contributed by atoms with van der Waals surface area (Å²) in [6.45, 7) is 6.24. The first-order chi connectivity index (χ1) is 9.44. The largest absolute Gasteiger partial charge is 0.478 e. The average Bonchev–Trinajstić information content (AvgIpc) is 2.28. The molecule has 0 fully saturated rings. The van der Waals surface area contributed by atoms with E-state index in [1.165, 1.54) is 32.9 Å². The second-order valence-corrected chi connectivity index (χ2v) is 8.52. The number of anilines is 1. The van der Waals surface area contributed by atoms with Gasteiger partial charge in [0.15, 0.2) is 9.84 Å². The van der Waals surface area contributed by atoms with Gasteiger partial charge in [-0.1, -0.05) is 11.6 Å². The molecule has 2 N–H and O–H groups in total. The number of benzene rings is 1. The highest BCUT2D eigenvalue weighted by Crippen LogP contribution is 2.19. The number of carbonyl (C=O) groups is 2. The summed E-state index contributed by atoms with van der Waals surface area (Å²) >= 11 is 0. The fraction of sp³-hybridized carbons (Fsp3) is 0.429. The van der Waals surface area contributed by atoms with E-state index in [1.807, 2.05) is 0 Å². The van der Waals surface area contributed by atoms with Gasteiger partial charge in [-0.15, -0.1) is 0 Å². The van der Waals surface area contributed by atoms with Crippen LogP contribution in [0.15, 0.2) is 18.2 Å². The van der Waals surface area contributed by atoms with Gasteiger partial charge in [0.2, 0.25) is 5.91 Å². The molecule has 7 heteroatoms. The summed E-state index contributed by atoms with van der Waals surface area (Å²) in [5, 5.41) is 11.4. The van der Waals surface area contributed by atoms with Gasteiger partial charge in [-0.05, 0) is 39.8 Å². The molecule has 0 radical (unpaired) electrons. The number of carboxylic acids is 1. The molecule has 0 saturated heterocycles. The van der Waals surface area contributed by atoms with Crippen LogP contribution in [0.2, 0.25) is 0 Å². The molecule has 1 aromatic rings. The van der Waals surface area contributed by atoms with Crippen molar-refractivity contribution >= 4 is 27.4 Å². The van der Waals surface area contributed by atoms with Crippen molar-refractivity contribution in [2.24, 2.45) is 0 Å². The molecule has 0 aliphatic rings. The number of nitrogens with one attached hydrogen (secondary N) is 1. The maximum Gasteiger partial charge on any atom is 0.337 e. The monoisotopic (exact) mass is 313 g/mol. The number of carboxylic acid groups (broad SMARTS) is 1. The molecular weight excluding hydrogens is 294 g/mol. The van der Waals surface area contributed by atoms with Gasteiger partial charge in [-0.25, -0.2) is 13.2 Å². The molecule has 21 heavy (non-hydrogen) atoms. The lowest BCUT2D eigenvalue weighted by atomic mass is 10.1. The zero-order chi connectivity index (χ0) is 16.4. The van der Waals surface area contributed by atoms with Crippen LogP contribution >= 0.6 is 0 Å². The van der Waals surface area contributed by atoms with E-state index in [-0.39, 0.29) is 11.3 Å². The Bertz CT molecular complexity index is 671. The Hall–Kier alpha value is -1.89. The molecule has 1 amide bonds. The molecule has 0 aliphatic carbocycles. The fourth-order valence-corrected chi connectivity index (χ4v) is 2.37. The maximum absolute atomic E-state index is 11.9. The van der Waals surface area contributed by atoms with Crippen LogP contribution in [0.5, 0.6) is 0 Å². The van der Waals surface area contributed by atoms with E-state index in [1.54, 1.807) is 13.0 Å². The van der Waals surface area contributed by atoms with Gasteiger partial charge in [0, 0.05) is 0 Å². The van der Waals surface area contributed by atoms with Crippen molar-refractivity contribution in [2.45, 2.75) is 32.4 Å². The van der Waals surface area contributed by atoms with Gasteiger partial charge in [0.25, 0.3) is 0 Å². The van der Waals surface area contributed by atoms with Crippen molar-refractivity contribution in [3.8, 4) is 0 Å². The third-order valence-electron chi connectivity index (χ3n) is 2.93. The zero-order valence-corrected chi connectivity index (χ0v) is 13.2. The summed E-state index contributed by atoms with van der Waals surface area (Å²) in [4.78, 5) is 23.0. The predicted molar refractivity (Wildman–Crippen MR) is 80.3 cm³/mol. The van der Waals surface area contributed by atoms with E-state index in [2.05, 4.69) is 5.32 Å². The molecule has 0 unspecified atom stereocenters. The Kier molecular flexibility index (Phi) is 4.78. The number of carbonyl (C=O) groups excluding carboxylic acids is 1. The summed E-state index contributed by atoms with van der Waals surface area (Å²) in [5.41, 5.74) is 0.742. The van der Waals surface area contributed by atoms with Gasteiger partial charge in [0.1, 0.15) is 5.75 Å². The second-order valence-electron chi connectivity index (χ2n) is 5.77. The van der Waals surface area contributed by atoms with Gasteiger partial charge in [-0.3, -0.25) is 4.79 Å². The molecule has 1 aromatic carbocycles. The number of rotatable bonds is 4. The second kappa shape index (κ2) is 5.85. The van der Waals surface area contributed by atoms with Crippen LogP contribution < -0.4 is 5.32 Å². The lowest BCUT2D eigenvalue weighted by molar-refractivity contribution is -0.113. The SMILES string of the molecule is Cc1ccc(NC(=O)CS(=O)(=O)C(C)(C)C)c(C(=O)O)c1. The Labute approximate surface area is 124 Å². The summed E-state index contributed by atoms with van der Waals surface area (Å²) < 4.78 is 22.8. The Balaban J connectivity index is 2.98. The molecule has 0 spiro atoms. The number of aromatic carboxylic acids is 1. The minimum atomic E-state index is -3.62. The molecule has 1 rings (SSSR count). The lowest BCUT2D eigenvalue weighted by Crippen LogP contribution is -2.35. The molecule has 0 heterocycles. The van der Waals surface area contributed by atoms with Gasteiger partial charge < -0.3 is 10.4 Å². The summed E-state index contributed by atoms with van der Waals surface area (Å²) in [7, 11) is -3.62. The lowest BCUT2D eigenvalue weighted by Gasteiger charge is -2.19. The van der Waals surface area contributed by atoms with Crippen molar-refractivity contribution in [1.82, 2.24) is 0 Å². The summed E-state index contributed by atoms with van der Waals surface area (Å²) in [5.74, 6) is -2.63. The molecule has 0 aliphatic heterocycles. The van der Waals surface area contributed by atoms with Crippen LogP contribution in [0.3, 0.4) is 0 Å². The molecule has 6 nitrogen and oxygen atoms in total. The molecule has 0 saturated carbocycles. The molecule has 0 aromatic heterocycles. The quantitative estimate of drug-likeness (QED) is 0.883. The van der Waals surface area contributed by atoms with E-state index >= 15 is 0 Å². The Morgan fingerprint density at radius 2 is 1.81 bits per heavy atom. The maximum atomic E-state index is 11.9. The third kappa shape index (κ3) is 4.29. The van der Waals surface area contributed by atoms with Crippen LogP contribution in [-0.4, -0.2) is 35.9 Å². The highest BCUT2D eigenvalue weighted by Gasteiger charge is 2.31. The zero-order valence-electron chi connectivity index (χ0n) is 12.4. The van der Waals surface area contributed by atoms with E-state index in [0.29, 0.717) is 0 Å². The fourth-order valence-electron chi connectivity index (χ4n) is 1.52. The van der Waals surface area contributed by atoms with E-state index < -0.39 is 32.2 Å². The molecular formula is C14H19NO5S. The van der Waals surface area contributed by atoms with Crippen molar-refractivity contribution in [3.63, 3.8) is 0 Å². The number of hydrogen-bond acceptors (Lipinski definition) is 4.